The number of aliphatic imine (C=N–C) groups is 1. The molecule has 3 aromatic heterocycles. The number of nitrogens with zero attached hydrogens (tertiary/aromatic N) is 14. The van der Waals surface area contributed by atoms with Crippen molar-refractivity contribution >= 4 is 58.2 Å². The number of nitrogens with one attached hydrogen (secondary N) is 1. The third-order valence-electron chi connectivity index (χ3n) is 13.5. The Kier molecular flexibility index (Phi) is 16.2. The van der Waals surface area contributed by atoms with Gasteiger partial charge in [-0.15, -0.1) is 10.2 Å². The number of aromatic carboxylic acids is 1. The minimum atomic E-state index is -1.22. The number of guanidine groups is 1. The molecule has 0 bridgehead atoms. The summed E-state index contributed by atoms with van der Waals surface area (Å²) in [6.07, 6.45) is 9.81. The molecule has 1 aliphatic carbocycles. The van der Waals surface area contributed by atoms with Crippen LogP contribution in [0.3, 0.4) is 0 Å². The minimum Gasteiger partial charge on any atom is -0.508 e. The molecule has 9 N–H and O–H groups in total. The van der Waals surface area contributed by atoms with E-state index in [9.17, 15) is 29.4 Å². The summed E-state index contributed by atoms with van der Waals surface area (Å²) >= 11 is 0. The lowest BCUT2D eigenvalue weighted by Gasteiger charge is -2.37. The average molecular weight is 1040 g/mol. The molecule has 2 saturated heterocycles. The summed E-state index contributed by atoms with van der Waals surface area (Å²) in [5, 5.41) is 41.9. The van der Waals surface area contributed by atoms with Crippen molar-refractivity contribution in [3.8, 4) is 28.2 Å². The van der Waals surface area contributed by atoms with E-state index in [4.69, 9.17) is 36.6 Å². The lowest BCUT2D eigenvalue weighted by Crippen LogP contribution is -2.51. The molecule has 0 spiro atoms. The maximum absolute atomic E-state index is 14.3. The molecule has 25 nitrogen and oxygen atoms in total. The monoisotopic (exact) mass is 1040 g/mol. The van der Waals surface area contributed by atoms with Crippen molar-refractivity contribution in [2.24, 2.45) is 22.2 Å². The van der Waals surface area contributed by atoms with Crippen LogP contribution in [-0.2, 0) is 29.0 Å². The lowest BCUT2D eigenvalue weighted by atomic mass is 9.90. The van der Waals surface area contributed by atoms with E-state index in [1.807, 2.05) is 20.9 Å². The van der Waals surface area contributed by atoms with Crippen LogP contribution >= 0.6 is 0 Å². The van der Waals surface area contributed by atoms with Crippen molar-refractivity contribution < 1.29 is 29.0 Å². The van der Waals surface area contributed by atoms with E-state index in [2.05, 4.69) is 37.9 Å². The first-order chi connectivity index (χ1) is 36.8. The number of hydrogen-bond donors (Lipinski definition) is 6. The van der Waals surface area contributed by atoms with Gasteiger partial charge in [-0.05, 0) is 93.5 Å². The first kappa shape index (κ1) is 52.1. The topological polar surface area (TPSA) is 337 Å². The first-order valence-electron chi connectivity index (χ1n) is 25.6. The van der Waals surface area contributed by atoms with Crippen LogP contribution in [0.5, 0.6) is 5.75 Å². The summed E-state index contributed by atoms with van der Waals surface area (Å²) in [4.78, 5) is 79.6. The molecule has 76 heavy (non-hydrogen) atoms. The van der Waals surface area contributed by atoms with Crippen molar-refractivity contribution in [2.75, 3.05) is 80.6 Å². The smallest absolute Gasteiger partial charge is 0.336 e. The Morgan fingerprint density at radius 1 is 0.789 bits per heavy atom. The molecule has 1 atom stereocenters. The first-order valence-corrected chi connectivity index (χ1v) is 25.6. The summed E-state index contributed by atoms with van der Waals surface area (Å²) < 4.78 is 9.24. The van der Waals surface area contributed by atoms with E-state index < -0.39 is 12.0 Å². The molecule has 398 valence electrons. The normalized spacial score (nSPS) is 14.3. The third kappa shape index (κ3) is 12.3. The average Bonchev–Trinajstić information content (AvgIpc) is 4.09. The maximum atomic E-state index is 14.3. The molecule has 2 fully saturated rings. The number of carboxylic acid groups (broad SMARTS) is 1. The highest BCUT2D eigenvalue weighted by molar-refractivity contribution is 6.08. The quantitative estimate of drug-likeness (QED) is 0.0261. The molecular formula is C51H62N18O7. The number of amides is 2. The molecular weight excluding hydrogens is 977 g/mol. The molecule has 3 aliphatic heterocycles. The number of aryl methyl sites for hydroxylation is 2. The zero-order valence-corrected chi connectivity index (χ0v) is 42.3. The van der Waals surface area contributed by atoms with Gasteiger partial charge in [0.15, 0.2) is 11.4 Å². The van der Waals surface area contributed by atoms with E-state index in [0.717, 1.165) is 43.5 Å². The number of unbranched alkanes of at least 4 members (excludes halogenated alkanes) is 2. The predicted molar refractivity (Wildman–Crippen MR) is 283 cm³/mol. The summed E-state index contributed by atoms with van der Waals surface area (Å²) in [7, 11) is 0. The van der Waals surface area contributed by atoms with Crippen LogP contribution in [0.2, 0.25) is 0 Å². The molecule has 0 radical (unpaired) electrons. The van der Waals surface area contributed by atoms with Crippen molar-refractivity contribution in [1.29, 1.82) is 0 Å². The summed E-state index contributed by atoms with van der Waals surface area (Å²) in [5.41, 5.74) is 19.9. The van der Waals surface area contributed by atoms with Gasteiger partial charge >= 0.3 is 5.97 Å². The number of phenolic OH excluding ortho intramolecular Hbond substituents is 1. The van der Waals surface area contributed by atoms with E-state index in [1.165, 1.54) is 35.0 Å². The molecule has 6 heterocycles. The Balaban J connectivity index is 0.966. The van der Waals surface area contributed by atoms with E-state index in [1.54, 1.807) is 40.0 Å². The fourth-order valence-corrected chi connectivity index (χ4v) is 9.51. The lowest BCUT2D eigenvalue weighted by molar-refractivity contribution is -0.135. The number of nitrogens with two attached hydrogens (primary N) is 3. The molecule has 2 aromatic carbocycles. The zero-order chi connectivity index (χ0) is 53.3. The Morgan fingerprint density at radius 3 is 2.20 bits per heavy atom. The van der Waals surface area contributed by atoms with Gasteiger partial charge in [0.25, 0.3) is 0 Å². The Labute approximate surface area is 436 Å². The van der Waals surface area contributed by atoms with Gasteiger partial charge in [-0.2, -0.15) is 15.0 Å². The number of aromatic hydroxyl groups is 1. The standard InChI is InChI=1S/C51H62N18O7/c1-2-3-7-34-30-69(63-61-34)41(9-4-5-16-52)46(73)65-20-24-67(25-21-65)51-58-49(57-50(59-51)66-22-18-64(19-23-66)44(72)31-68-29-33(60-62-68)8-6-17-55-48(53)54)56-32-10-13-37(40(26-32)47(74)75)45-38-14-11-35(70)27-42(38)76-43-28-36(71)12-15-39(43)45/h10-15,26-30,41,70H,2-9,16-25,31,52H2,1H3,(H,74,75)(H4,53,54,55)(H,56,57,58,59)/t41-/m0/s1. The molecule has 5 aromatic rings. The van der Waals surface area contributed by atoms with Gasteiger partial charge in [0.05, 0.1) is 17.0 Å². The number of carbonyl (C=O) groups is 3. The van der Waals surface area contributed by atoms with Crippen molar-refractivity contribution in [2.45, 2.75) is 70.9 Å². The third-order valence-corrected chi connectivity index (χ3v) is 13.5. The number of rotatable bonds is 21. The zero-order valence-electron chi connectivity index (χ0n) is 42.3. The highest BCUT2D eigenvalue weighted by Gasteiger charge is 2.32. The summed E-state index contributed by atoms with van der Waals surface area (Å²) in [5.74, 6) is -0.373. The molecule has 4 aliphatic rings. The molecule has 9 rings (SSSR count). The largest absolute Gasteiger partial charge is 0.508 e. The summed E-state index contributed by atoms with van der Waals surface area (Å²) in [6.45, 7) is 6.23. The summed E-state index contributed by atoms with van der Waals surface area (Å²) in [6, 6.07) is 13.2. The van der Waals surface area contributed by atoms with Gasteiger partial charge in [0, 0.05) is 106 Å². The number of fused-ring (bicyclic) bond motifs is 2. The fourth-order valence-electron chi connectivity index (χ4n) is 9.51. The number of aromatic nitrogens is 9. The molecule has 0 unspecified atom stereocenters. The van der Waals surface area contributed by atoms with E-state index in [0.29, 0.717) is 124 Å². The van der Waals surface area contributed by atoms with Gasteiger partial charge in [0.2, 0.25) is 29.7 Å². The minimum absolute atomic E-state index is 0.0144. The van der Waals surface area contributed by atoms with E-state index >= 15 is 0 Å². The number of piperazine rings is 2. The number of carboxylic acids is 1. The van der Waals surface area contributed by atoms with Crippen molar-refractivity contribution in [1.82, 2.24) is 54.7 Å². The van der Waals surface area contributed by atoms with Gasteiger partial charge in [0.1, 0.15) is 29.7 Å². The van der Waals surface area contributed by atoms with Gasteiger partial charge in [-0.1, -0.05) is 29.8 Å². The van der Waals surface area contributed by atoms with E-state index in [-0.39, 0.29) is 58.4 Å². The van der Waals surface area contributed by atoms with Crippen molar-refractivity contribution in [3.05, 3.63) is 94.2 Å². The van der Waals surface area contributed by atoms with Crippen LogP contribution in [0.15, 0.2) is 81.2 Å². The van der Waals surface area contributed by atoms with Crippen LogP contribution in [0.4, 0.5) is 23.5 Å². The number of benzene rings is 3. The van der Waals surface area contributed by atoms with Crippen LogP contribution in [0.25, 0.3) is 33.4 Å². The predicted octanol–water partition coefficient (Wildman–Crippen LogP) is 3.00. The SMILES string of the molecule is CCCCc1cn([C@@H](CCCCN)C(=O)N2CCN(c3nc(Nc4ccc(-c5c6ccc(=O)cc-6oc6cc(O)ccc56)c(C(=O)O)c4)nc(N4CCN(C(=O)Cn5cc(CCCN=C(N)N)nn5)CC4)n3)CC2)nn1. The second-order valence-corrected chi connectivity index (χ2v) is 18.9. The highest BCUT2D eigenvalue weighted by atomic mass is 16.4. The fraction of sp³-hybridized carbons (Fsp3) is 0.412. The second kappa shape index (κ2) is 23.6. The van der Waals surface area contributed by atoms with Gasteiger partial charge < -0.3 is 56.7 Å². The van der Waals surface area contributed by atoms with Crippen LogP contribution in [-0.4, -0.2) is 154 Å². The van der Waals surface area contributed by atoms with Crippen molar-refractivity contribution in [3.63, 3.8) is 0 Å². The highest BCUT2D eigenvalue weighted by Crippen LogP contribution is 2.42. The number of hydrogen-bond acceptors (Lipinski definition) is 18. The van der Waals surface area contributed by atoms with Gasteiger partial charge in [-0.25, -0.2) is 14.2 Å². The Hall–Kier alpha value is -8.74. The number of anilines is 4. The Morgan fingerprint density at radius 2 is 1.49 bits per heavy atom. The molecule has 2 amide bonds. The Bertz CT molecular complexity index is 3240. The van der Waals surface area contributed by atoms with Crippen LogP contribution in [0, 0.1) is 0 Å². The van der Waals surface area contributed by atoms with Crippen LogP contribution in [0.1, 0.15) is 73.2 Å². The number of carbonyl (C=O) groups excluding carboxylic acids is 2. The second-order valence-electron chi connectivity index (χ2n) is 18.9. The molecule has 25 heteroatoms. The van der Waals surface area contributed by atoms with Gasteiger partial charge in [-0.3, -0.25) is 19.4 Å². The molecule has 0 saturated carbocycles. The maximum Gasteiger partial charge on any atom is 0.336 e. The number of phenols is 1. The van der Waals surface area contributed by atoms with Crippen LogP contribution < -0.4 is 37.7 Å².